The van der Waals surface area contributed by atoms with Gasteiger partial charge in [-0.25, -0.2) is 9.97 Å². The molecule has 1 unspecified atom stereocenters. The number of hydrogen-bond acceptors (Lipinski definition) is 3. The second-order valence-electron chi connectivity index (χ2n) is 5.76. The van der Waals surface area contributed by atoms with Crippen LogP contribution in [0.5, 0.6) is 0 Å². The zero-order chi connectivity index (χ0) is 13.9. The molecule has 108 valence electrons. The Morgan fingerprint density at radius 3 is 2.90 bits per heavy atom. The number of hydrogen-bond donors (Lipinski definition) is 1. The molecule has 0 aliphatic heterocycles. The molecule has 1 aliphatic rings. The van der Waals surface area contributed by atoms with Gasteiger partial charge in [0.2, 0.25) is 0 Å². The van der Waals surface area contributed by atoms with E-state index in [1.807, 2.05) is 12.4 Å². The van der Waals surface area contributed by atoms with Crippen LogP contribution < -0.4 is 5.32 Å². The summed E-state index contributed by atoms with van der Waals surface area (Å²) < 4.78 is 2.93. The van der Waals surface area contributed by atoms with Crippen LogP contribution in [-0.4, -0.2) is 20.4 Å². The molecular weight excluding hydrogens is 316 g/mol. The van der Waals surface area contributed by atoms with E-state index in [1.54, 1.807) is 6.20 Å². The molecule has 2 aromatic heterocycles. The van der Waals surface area contributed by atoms with Gasteiger partial charge in [-0.15, -0.1) is 0 Å². The van der Waals surface area contributed by atoms with Crippen LogP contribution in [0, 0.1) is 5.92 Å². The maximum Gasteiger partial charge on any atom is 0.155 e. The molecule has 3 rings (SSSR count). The fraction of sp³-hybridized carbons (Fsp3) is 0.600. The van der Waals surface area contributed by atoms with E-state index in [2.05, 4.69) is 42.5 Å². The molecule has 2 heterocycles. The molecule has 0 aromatic carbocycles. The molecule has 0 amide bonds. The number of nitrogens with zero attached hydrogens (tertiary/aromatic N) is 3. The Hall–Kier alpha value is -0.940. The largest absolute Gasteiger partial charge is 0.308 e. The highest BCUT2D eigenvalue weighted by Gasteiger charge is 2.19. The summed E-state index contributed by atoms with van der Waals surface area (Å²) in [6, 6.07) is 0.575. The zero-order valence-corrected chi connectivity index (χ0v) is 13.4. The standard InChI is InChI=1S/C15H21BrN4/c1-11(12-5-3-2-4-6-12)17-7-13-8-19-15-9-18-14(16)10-20(13)15/h8-12,17H,2-7H2,1H3. The van der Waals surface area contributed by atoms with Crippen LogP contribution in [0.25, 0.3) is 5.65 Å². The lowest BCUT2D eigenvalue weighted by molar-refractivity contribution is 0.280. The molecule has 0 saturated heterocycles. The maximum atomic E-state index is 4.39. The van der Waals surface area contributed by atoms with Gasteiger partial charge in [-0.1, -0.05) is 19.3 Å². The molecule has 4 nitrogen and oxygen atoms in total. The quantitative estimate of drug-likeness (QED) is 0.928. The molecule has 20 heavy (non-hydrogen) atoms. The molecule has 1 aliphatic carbocycles. The second-order valence-corrected chi connectivity index (χ2v) is 6.57. The van der Waals surface area contributed by atoms with Crippen molar-refractivity contribution in [2.45, 2.75) is 51.6 Å². The first-order chi connectivity index (χ1) is 9.74. The van der Waals surface area contributed by atoms with Crippen LogP contribution >= 0.6 is 15.9 Å². The van der Waals surface area contributed by atoms with Crippen molar-refractivity contribution >= 4 is 21.6 Å². The summed E-state index contributed by atoms with van der Waals surface area (Å²) in [5, 5.41) is 3.67. The fourth-order valence-electron chi connectivity index (χ4n) is 3.11. The van der Waals surface area contributed by atoms with E-state index in [9.17, 15) is 0 Å². The lowest BCUT2D eigenvalue weighted by Gasteiger charge is -2.28. The molecule has 0 radical (unpaired) electrons. The lowest BCUT2D eigenvalue weighted by atomic mass is 9.84. The predicted octanol–water partition coefficient (Wildman–Crippen LogP) is 3.55. The minimum atomic E-state index is 0.575. The monoisotopic (exact) mass is 336 g/mol. The molecule has 1 saturated carbocycles. The number of aromatic nitrogens is 3. The third-order valence-electron chi connectivity index (χ3n) is 4.40. The van der Waals surface area contributed by atoms with Crippen molar-refractivity contribution in [2.24, 2.45) is 5.92 Å². The van der Waals surface area contributed by atoms with Gasteiger partial charge < -0.3 is 5.32 Å². The first kappa shape index (κ1) is 14.0. The van der Waals surface area contributed by atoms with Crippen molar-refractivity contribution in [2.75, 3.05) is 0 Å². The normalized spacial score (nSPS) is 18.5. The molecule has 0 spiro atoms. The van der Waals surface area contributed by atoms with Crippen molar-refractivity contribution < 1.29 is 0 Å². The average Bonchev–Trinajstić information content (AvgIpc) is 2.88. The second kappa shape index (κ2) is 6.22. The van der Waals surface area contributed by atoms with Gasteiger partial charge in [-0.2, -0.15) is 0 Å². The van der Waals surface area contributed by atoms with Gasteiger partial charge in [0.25, 0.3) is 0 Å². The van der Waals surface area contributed by atoms with Crippen molar-refractivity contribution in [3.05, 3.63) is 28.9 Å². The number of halogens is 1. The molecule has 1 fully saturated rings. The topological polar surface area (TPSA) is 42.2 Å². The summed E-state index contributed by atoms with van der Waals surface area (Å²) >= 11 is 3.41. The summed E-state index contributed by atoms with van der Waals surface area (Å²) in [5.41, 5.74) is 2.08. The average molecular weight is 337 g/mol. The van der Waals surface area contributed by atoms with Gasteiger partial charge >= 0.3 is 0 Å². The van der Waals surface area contributed by atoms with Crippen LogP contribution in [0.15, 0.2) is 23.2 Å². The van der Waals surface area contributed by atoms with Crippen molar-refractivity contribution in [1.29, 1.82) is 0 Å². The van der Waals surface area contributed by atoms with Crippen LogP contribution in [0.2, 0.25) is 0 Å². The van der Waals surface area contributed by atoms with Crippen LogP contribution in [0.4, 0.5) is 0 Å². The van der Waals surface area contributed by atoms with Gasteiger partial charge in [0.1, 0.15) is 4.60 Å². The molecular formula is C15H21BrN4. The van der Waals surface area contributed by atoms with Crippen LogP contribution in [0.1, 0.15) is 44.7 Å². The number of rotatable bonds is 4. The van der Waals surface area contributed by atoms with E-state index >= 15 is 0 Å². The molecule has 1 N–H and O–H groups in total. The Morgan fingerprint density at radius 1 is 1.30 bits per heavy atom. The van der Waals surface area contributed by atoms with Gasteiger partial charge in [0, 0.05) is 18.8 Å². The molecule has 5 heteroatoms. The Kier molecular flexibility index (Phi) is 4.36. The smallest absolute Gasteiger partial charge is 0.155 e. The van der Waals surface area contributed by atoms with Gasteiger partial charge in [0.15, 0.2) is 5.65 Å². The lowest BCUT2D eigenvalue weighted by Crippen LogP contribution is -2.34. The predicted molar refractivity (Wildman–Crippen MR) is 83.6 cm³/mol. The Labute approximate surface area is 128 Å². The first-order valence-electron chi connectivity index (χ1n) is 7.45. The SMILES string of the molecule is CC(NCc1cnc2cnc(Br)cn12)C1CCCCC1. The van der Waals surface area contributed by atoms with Gasteiger partial charge in [-0.05, 0) is 41.6 Å². The van der Waals surface area contributed by atoms with E-state index in [1.165, 1.54) is 37.8 Å². The minimum Gasteiger partial charge on any atom is -0.308 e. The molecule has 0 bridgehead atoms. The van der Waals surface area contributed by atoms with Crippen molar-refractivity contribution in [3.8, 4) is 0 Å². The highest BCUT2D eigenvalue weighted by Crippen LogP contribution is 2.26. The third kappa shape index (κ3) is 3.04. The van der Waals surface area contributed by atoms with Gasteiger partial charge in [0.05, 0.1) is 18.1 Å². The summed E-state index contributed by atoms with van der Waals surface area (Å²) in [4.78, 5) is 8.59. The van der Waals surface area contributed by atoms with Crippen LogP contribution in [0.3, 0.4) is 0 Å². The highest BCUT2D eigenvalue weighted by molar-refractivity contribution is 9.10. The van der Waals surface area contributed by atoms with E-state index in [-0.39, 0.29) is 0 Å². The van der Waals surface area contributed by atoms with Crippen LogP contribution in [-0.2, 0) is 6.54 Å². The van der Waals surface area contributed by atoms with Gasteiger partial charge in [-0.3, -0.25) is 4.40 Å². The van der Waals surface area contributed by atoms with E-state index < -0.39 is 0 Å². The zero-order valence-electron chi connectivity index (χ0n) is 11.8. The summed E-state index contributed by atoms with van der Waals surface area (Å²) in [5.74, 6) is 0.830. The summed E-state index contributed by atoms with van der Waals surface area (Å²) in [7, 11) is 0. The first-order valence-corrected chi connectivity index (χ1v) is 8.24. The highest BCUT2D eigenvalue weighted by atomic mass is 79.9. The molecule has 2 aromatic rings. The van der Waals surface area contributed by atoms with E-state index in [0.717, 1.165) is 22.7 Å². The Balaban J connectivity index is 1.65. The Morgan fingerprint density at radius 2 is 2.10 bits per heavy atom. The Bertz CT molecular complexity index is 574. The summed E-state index contributed by atoms with van der Waals surface area (Å²) in [6.07, 6.45) is 12.6. The van der Waals surface area contributed by atoms with Crippen molar-refractivity contribution in [1.82, 2.24) is 19.7 Å². The van der Waals surface area contributed by atoms with Crippen molar-refractivity contribution in [3.63, 3.8) is 0 Å². The third-order valence-corrected chi connectivity index (χ3v) is 4.81. The fourth-order valence-corrected chi connectivity index (χ4v) is 3.42. The number of nitrogens with one attached hydrogen (secondary N) is 1. The summed E-state index contributed by atoms with van der Waals surface area (Å²) in [6.45, 7) is 3.17. The molecule has 1 atom stereocenters. The number of fused-ring (bicyclic) bond motifs is 1. The van der Waals surface area contributed by atoms with E-state index in [4.69, 9.17) is 0 Å². The van der Waals surface area contributed by atoms with E-state index in [0.29, 0.717) is 6.04 Å². The maximum absolute atomic E-state index is 4.39. The minimum absolute atomic E-state index is 0.575. The number of imidazole rings is 1.